The molecule has 1 amide bonds. The number of hydrogen-bond donors (Lipinski definition) is 1. The van der Waals surface area contributed by atoms with E-state index in [1.54, 1.807) is 41.8 Å². The molecule has 0 radical (unpaired) electrons. The van der Waals surface area contributed by atoms with Crippen molar-refractivity contribution >= 4 is 34.0 Å². The summed E-state index contributed by atoms with van der Waals surface area (Å²) in [5.41, 5.74) is 3.14. The number of nitrogens with one attached hydrogen (secondary N) is 1. The first-order valence-electron chi connectivity index (χ1n) is 9.06. The van der Waals surface area contributed by atoms with E-state index in [9.17, 15) is 14.4 Å². The number of anilines is 1. The normalized spacial score (nSPS) is 10.2. The van der Waals surface area contributed by atoms with Crippen LogP contribution in [-0.4, -0.2) is 24.3 Å². The van der Waals surface area contributed by atoms with Gasteiger partial charge in [-0.05, 0) is 48.6 Å². The van der Waals surface area contributed by atoms with Crippen LogP contribution in [0.4, 0.5) is 5.00 Å². The van der Waals surface area contributed by atoms with E-state index >= 15 is 0 Å². The third-order valence-electron chi connectivity index (χ3n) is 4.53. The summed E-state index contributed by atoms with van der Waals surface area (Å²) >= 11 is 1.20. The molecule has 2 aromatic carbocycles. The van der Waals surface area contributed by atoms with Gasteiger partial charge >= 0.3 is 5.97 Å². The van der Waals surface area contributed by atoms with Crippen LogP contribution < -0.4 is 5.32 Å². The lowest BCUT2D eigenvalue weighted by Crippen LogP contribution is -2.22. The monoisotopic (exact) mass is 418 g/mol. The van der Waals surface area contributed by atoms with E-state index in [-0.39, 0.29) is 16.9 Å². The summed E-state index contributed by atoms with van der Waals surface area (Å²) in [7, 11) is 0. The van der Waals surface area contributed by atoms with Gasteiger partial charge < -0.3 is 10.1 Å². The van der Waals surface area contributed by atoms with E-state index in [1.165, 1.54) is 17.4 Å². The topological polar surface area (TPSA) is 96.3 Å². The average Bonchev–Trinajstić information content (AvgIpc) is 3.20. The zero-order chi connectivity index (χ0) is 21.7. The fourth-order valence-electron chi connectivity index (χ4n) is 2.76. The van der Waals surface area contributed by atoms with Crippen molar-refractivity contribution in [3.63, 3.8) is 0 Å². The minimum absolute atomic E-state index is 0.0855. The average molecular weight is 418 g/mol. The number of ketones is 1. The molecule has 0 aliphatic rings. The van der Waals surface area contributed by atoms with Crippen molar-refractivity contribution < 1.29 is 19.1 Å². The van der Waals surface area contributed by atoms with Crippen LogP contribution in [0.25, 0.3) is 0 Å². The Labute approximate surface area is 177 Å². The number of carbonyl (C=O) groups excluding carboxylic acids is 3. The third kappa shape index (κ3) is 4.62. The quantitative estimate of drug-likeness (QED) is 0.476. The van der Waals surface area contributed by atoms with Gasteiger partial charge in [-0.3, -0.25) is 9.59 Å². The number of carbonyl (C=O) groups is 3. The molecule has 0 bridgehead atoms. The number of esters is 1. The van der Waals surface area contributed by atoms with E-state index in [0.29, 0.717) is 16.1 Å². The lowest BCUT2D eigenvalue weighted by atomic mass is 9.96. The number of rotatable bonds is 6. The van der Waals surface area contributed by atoms with Gasteiger partial charge in [-0.25, -0.2) is 4.79 Å². The molecule has 7 heteroatoms. The third-order valence-corrected chi connectivity index (χ3v) is 5.36. The highest BCUT2D eigenvalue weighted by Crippen LogP contribution is 2.22. The second kappa shape index (κ2) is 9.16. The molecule has 1 heterocycles. The Kier molecular flexibility index (Phi) is 6.40. The highest BCUT2D eigenvalue weighted by atomic mass is 32.1. The predicted octanol–water partition coefficient (Wildman–Crippen LogP) is 4.26. The van der Waals surface area contributed by atoms with Crippen molar-refractivity contribution in [2.45, 2.75) is 13.8 Å². The Hall–Kier alpha value is -3.76. The van der Waals surface area contributed by atoms with Crippen LogP contribution >= 0.6 is 11.3 Å². The van der Waals surface area contributed by atoms with Crippen molar-refractivity contribution in [3.8, 4) is 6.07 Å². The van der Waals surface area contributed by atoms with Gasteiger partial charge in [0.1, 0.15) is 11.1 Å². The summed E-state index contributed by atoms with van der Waals surface area (Å²) in [6.07, 6.45) is 0. The number of ether oxygens (including phenoxy) is 1. The molecule has 6 nitrogen and oxygen atoms in total. The second-order valence-corrected chi connectivity index (χ2v) is 7.49. The SMILES string of the molecule is Cc1ccc(C(=O)c2ccccc2C(=O)OCC(=O)Nc2sccc2C#N)cc1C. The van der Waals surface area contributed by atoms with Crippen molar-refractivity contribution in [2.24, 2.45) is 0 Å². The number of hydrogen-bond acceptors (Lipinski definition) is 6. The molecule has 150 valence electrons. The molecule has 30 heavy (non-hydrogen) atoms. The van der Waals surface area contributed by atoms with Crippen molar-refractivity contribution in [2.75, 3.05) is 11.9 Å². The maximum absolute atomic E-state index is 12.9. The molecule has 3 rings (SSSR count). The molecule has 0 aliphatic heterocycles. The van der Waals surface area contributed by atoms with Gasteiger partial charge in [-0.1, -0.05) is 30.3 Å². The zero-order valence-corrected chi connectivity index (χ0v) is 17.2. The predicted molar refractivity (Wildman–Crippen MR) is 114 cm³/mol. The van der Waals surface area contributed by atoms with Crippen molar-refractivity contribution in [1.29, 1.82) is 5.26 Å². The summed E-state index contributed by atoms with van der Waals surface area (Å²) < 4.78 is 5.10. The Balaban J connectivity index is 1.72. The molecule has 0 fully saturated rings. The molecule has 0 atom stereocenters. The minimum Gasteiger partial charge on any atom is -0.452 e. The van der Waals surface area contributed by atoms with E-state index in [4.69, 9.17) is 10.00 Å². The molecule has 0 aliphatic carbocycles. The van der Waals surface area contributed by atoms with Crippen LogP contribution in [0.15, 0.2) is 53.9 Å². The van der Waals surface area contributed by atoms with Gasteiger partial charge in [0, 0.05) is 11.1 Å². The fourth-order valence-corrected chi connectivity index (χ4v) is 3.52. The number of amides is 1. The summed E-state index contributed by atoms with van der Waals surface area (Å²) in [5, 5.41) is 13.6. The summed E-state index contributed by atoms with van der Waals surface area (Å²) in [6.45, 7) is 3.33. The number of thiophene rings is 1. The van der Waals surface area contributed by atoms with Gasteiger partial charge in [0.15, 0.2) is 12.4 Å². The smallest absolute Gasteiger partial charge is 0.339 e. The molecule has 0 saturated heterocycles. The summed E-state index contributed by atoms with van der Waals surface area (Å²) in [4.78, 5) is 37.6. The van der Waals surface area contributed by atoms with Gasteiger partial charge in [0.25, 0.3) is 5.91 Å². The van der Waals surface area contributed by atoms with E-state index in [1.807, 2.05) is 26.0 Å². The van der Waals surface area contributed by atoms with Gasteiger partial charge in [0.2, 0.25) is 0 Å². The lowest BCUT2D eigenvalue weighted by Gasteiger charge is -2.10. The van der Waals surface area contributed by atoms with Crippen LogP contribution in [0.2, 0.25) is 0 Å². The summed E-state index contributed by atoms with van der Waals surface area (Å²) in [5.74, 6) is -1.64. The molecule has 1 N–H and O–H groups in total. The first-order chi connectivity index (χ1) is 14.4. The first kappa shape index (κ1) is 21.0. The van der Waals surface area contributed by atoms with E-state index < -0.39 is 18.5 Å². The molecular formula is C23H18N2O4S. The highest BCUT2D eigenvalue weighted by Gasteiger charge is 2.20. The second-order valence-electron chi connectivity index (χ2n) is 6.57. The van der Waals surface area contributed by atoms with Crippen LogP contribution in [0, 0.1) is 25.2 Å². The standard InChI is InChI=1S/C23H18N2O4S/c1-14-7-8-16(11-15(14)2)21(27)18-5-3-4-6-19(18)23(28)29-13-20(26)25-22-17(12-24)9-10-30-22/h3-11H,13H2,1-2H3,(H,25,26). The van der Waals surface area contributed by atoms with Crippen molar-refractivity contribution in [3.05, 3.63) is 87.3 Å². The van der Waals surface area contributed by atoms with E-state index in [2.05, 4.69) is 5.32 Å². The van der Waals surface area contributed by atoms with Crippen LogP contribution in [-0.2, 0) is 9.53 Å². The van der Waals surface area contributed by atoms with Crippen LogP contribution in [0.1, 0.15) is 43.0 Å². The molecule has 0 unspecified atom stereocenters. The fraction of sp³-hybridized carbons (Fsp3) is 0.130. The van der Waals surface area contributed by atoms with Gasteiger partial charge in [-0.2, -0.15) is 5.26 Å². The molecule has 3 aromatic rings. The lowest BCUT2D eigenvalue weighted by molar-refractivity contribution is -0.119. The molecular weight excluding hydrogens is 400 g/mol. The van der Waals surface area contributed by atoms with E-state index in [0.717, 1.165) is 11.1 Å². The number of aryl methyl sites for hydroxylation is 2. The number of nitriles is 1. The minimum atomic E-state index is -0.774. The highest BCUT2D eigenvalue weighted by molar-refractivity contribution is 7.14. The Bertz CT molecular complexity index is 1170. The number of benzene rings is 2. The van der Waals surface area contributed by atoms with Crippen LogP contribution in [0.3, 0.4) is 0 Å². The largest absolute Gasteiger partial charge is 0.452 e. The Morgan fingerprint density at radius 1 is 1.03 bits per heavy atom. The summed E-state index contributed by atoms with van der Waals surface area (Å²) in [6, 6.07) is 15.2. The number of nitrogens with zero attached hydrogens (tertiary/aromatic N) is 1. The van der Waals surface area contributed by atoms with Gasteiger partial charge in [-0.15, -0.1) is 11.3 Å². The zero-order valence-electron chi connectivity index (χ0n) is 16.4. The first-order valence-corrected chi connectivity index (χ1v) is 9.94. The maximum atomic E-state index is 12.9. The van der Waals surface area contributed by atoms with Gasteiger partial charge in [0.05, 0.1) is 11.1 Å². The Morgan fingerprint density at radius 3 is 2.47 bits per heavy atom. The molecule has 1 aromatic heterocycles. The van der Waals surface area contributed by atoms with Crippen molar-refractivity contribution in [1.82, 2.24) is 0 Å². The molecule has 0 spiro atoms. The van der Waals surface area contributed by atoms with Crippen LogP contribution in [0.5, 0.6) is 0 Å². The Morgan fingerprint density at radius 2 is 1.77 bits per heavy atom. The molecule has 0 saturated carbocycles. The maximum Gasteiger partial charge on any atom is 0.339 e.